The maximum Gasteiger partial charge on any atom is 0.269 e. The first-order chi connectivity index (χ1) is 13.0. The van der Waals surface area contributed by atoms with Gasteiger partial charge in [-0.25, -0.2) is 13.8 Å². The predicted molar refractivity (Wildman–Crippen MR) is 98.3 cm³/mol. The fourth-order valence-electron chi connectivity index (χ4n) is 2.59. The summed E-state index contributed by atoms with van der Waals surface area (Å²) >= 11 is 0. The molecular formula is C21H18F2N2O2. The van der Waals surface area contributed by atoms with E-state index in [0.717, 1.165) is 0 Å². The highest BCUT2D eigenvalue weighted by Crippen LogP contribution is 2.19. The largest absolute Gasteiger partial charge is 0.481 e. The number of hydrogen-bond acceptors (Lipinski definition) is 3. The number of ether oxygens (including phenoxy) is 1. The highest BCUT2D eigenvalue weighted by atomic mass is 19.1. The average Bonchev–Trinajstić information content (AvgIpc) is 2.68. The molecule has 0 bridgehead atoms. The first-order valence-corrected chi connectivity index (χ1v) is 8.42. The van der Waals surface area contributed by atoms with Crippen LogP contribution in [-0.4, -0.2) is 17.0 Å². The molecular weight excluding hydrogens is 350 g/mol. The highest BCUT2D eigenvalue weighted by Gasteiger charge is 2.24. The molecule has 0 radical (unpaired) electrons. The van der Waals surface area contributed by atoms with Gasteiger partial charge in [0, 0.05) is 6.20 Å². The Morgan fingerprint density at radius 2 is 1.81 bits per heavy atom. The molecule has 138 valence electrons. The summed E-state index contributed by atoms with van der Waals surface area (Å²) in [6.45, 7) is 1.75. The van der Waals surface area contributed by atoms with Crippen LogP contribution < -0.4 is 9.64 Å². The van der Waals surface area contributed by atoms with E-state index in [1.165, 1.54) is 41.3 Å². The minimum Gasteiger partial charge on any atom is -0.481 e. The second-order valence-corrected chi connectivity index (χ2v) is 5.96. The normalized spacial score (nSPS) is 11.7. The number of halogens is 2. The molecule has 0 N–H and O–H groups in total. The lowest BCUT2D eigenvalue weighted by Gasteiger charge is -2.25. The van der Waals surface area contributed by atoms with Gasteiger partial charge in [0.25, 0.3) is 5.91 Å². The summed E-state index contributed by atoms with van der Waals surface area (Å²) in [5.74, 6) is -0.299. The van der Waals surface area contributed by atoms with Gasteiger partial charge in [-0.15, -0.1) is 0 Å². The van der Waals surface area contributed by atoms with Crippen molar-refractivity contribution in [3.8, 4) is 5.75 Å². The Kier molecular flexibility index (Phi) is 5.76. The quantitative estimate of drug-likeness (QED) is 0.649. The Labute approximate surface area is 156 Å². The van der Waals surface area contributed by atoms with Gasteiger partial charge in [0.15, 0.2) is 6.10 Å². The molecule has 3 aromatic rings. The minimum atomic E-state index is -0.842. The maximum atomic E-state index is 13.5. The predicted octanol–water partition coefficient (Wildman–Crippen LogP) is 4.36. The molecule has 1 heterocycles. The number of rotatable bonds is 6. The van der Waals surface area contributed by atoms with Gasteiger partial charge in [-0.05, 0) is 61.0 Å². The molecule has 1 aromatic heterocycles. The smallest absolute Gasteiger partial charge is 0.269 e. The number of nitrogens with zero attached hydrogens (tertiary/aromatic N) is 2. The molecule has 0 unspecified atom stereocenters. The van der Waals surface area contributed by atoms with Crippen molar-refractivity contribution in [1.82, 2.24) is 4.98 Å². The van der Waals surface area contributed by atoms with E-state index in [1.807, 2.05) is 0 Å². The number of carbonyl (C=O) groups is 1. The Morgan fingerprint density at radius 3 is 2.48 bits per heavy atom. The minimum absolute atomic E-state index is 0.144. The van der Waals surface area contributed by atoms with Crippen LogP contribution in [0.3, 0.4) is 0 Å². The summed E-state index contributed by atoms with van der Waals surface area (Å²) in [5.41, 5.74) is 0.628. The maximum absolute atomic E-state index is 13.5. The molecule has 1 amide bonds. The van der Waals surface area contributed by atoms with Crippen molar-refractivity contribution in [2.75, 3.05) is 4.90 Å². The third kappa shape index (κ3) is 4.88. The summed E-state index contributed by atoms with van der Waals surface area (Å²) in [4.78, 5) is 18.7. The SMILES string of the molecule is C[C@@H](Oc1ccc(F)cc1)C(=O)N(Cc1cccc(F)c1)c1ccccn1. The van der Waals surface area contributed by atoms with Crippen molar-refractivity contribution >= 4 is 11.7 Å². The Hall–Kier alpha value is -3.28. The van der Waals surface area contributed by atoms with Gasteiger partial charge in [0.2, 0.25) is 0 Å². The topological polar surface area (TPSA) is 42.4 Å². The zero-order valence-electron chi connectivity index (χ0n) is 14.7. The molecule has 4 nitrogen and oxygen atoms in total. The lowest BCUT2D eigenvalue weighted by atomic mass is 10.2. The average molecular weight is 368 g/mol. The fourth-order valence-corrected chi connectivity index (χ4v) is 2.59. The molecule has 0 fully saturated rings. The number of hydrogen-bond donors (Lipinski definition) is 0. The van der Waals surface area contributed by atoms with Gasteiger partial charge >= 0.3 is 0 Å². The number of amides is 1. The van der Waals surface area contributed by atoms with E-state index in [9.17, 15) is 13.6 Å². The van der Waals surface area contributed by atoms with Crippen LogP contribution in [0.2, 0.25) is 0 Å². The van der Waals surface area contributed by atoms with E-state index in [2.05, 4.69) is 4.98 Å². The monoisotopic (exact) mass is 368 g/mol. The van der Waals surface area contributed by atoms with Crippen LogP contribution in [-0.2, 0) is 11.3 Å². The standard InChI is InChI=1S/C21H18F2N2O2/c1-15(27-19-10-8-17(22)9-11-19)21(26)25(20-7-2-3-12-24-20)14-16-5-4-6-18(23)13-16/h2-13,15H,14H2,1H3/t15-/m1/s1. The van der Waals surface area contributed by atoms with Crippen molar-refractivity contribution in [3.05, 3.63) is 90.1 Å². The molecule has 2 aromatic carbocycles. The Balaban J connectivity index is 1.82. The lowest BCUT2D eigenvalue weighted by molar-refractivity contribution is -0.124. The zero-order valence-corrected chi connectivity index (χ0v) is 14.7. The van der Waals surface area contributed by atoms with E-state index >= 15 is 0 Å². The van der Waals surface area contributed by atoms with Crippen molar-refractivity contribution < 1.29 is 18.3 Å². The Bertz CT molecular complexity index is 902. The molecule has 0 aliphatic rings. The van der Waals surface area contributed by atoms with Crippen LogP contribution >= 0.6 is 0 Å². The van der Waals surface area contributed by atoms with E-state index in [1.54, 1.807) is 43.5 Å². The summed E-state index contributed by atoms with van der Waals surface area (Å²) in [5, 5.41) is 0. The van der Waals surface area contributed by atoms with Crippen LogP contribution in [0, 0.1) is 11.6 Å². The second kappa shape index (κ2) is 8.40. The molecule has 0 saturated heterocycles. The third-order valence-corrected chi connectivity index (χ3v) is 3.90. The van der Waals surface area contributed by atoms with Gasteiger partial charge in [-0.3, -0.25) is 9.69 Å². The Morgan fingerprint density at radius 1 is 1.04 bits per heavy atom. The van der Waals surface area contributed by atoms with Gasteiger partial charge in [0.1, 0.15) is 23.2 Å². The molecule has 0 saturated carbocycles. The number of benzene rings is 2. The number of pyridine rings is 1. The summed E-state index contributed by atoms with van der Waals surface area (Å²) in [6.07, 6.45) is 0.734. The van der Waals surface area contributed by atoms with E-state index < -0.39 is 6.10 Å². The molecule has 3 rings (SSSR count). The van der Waals surface area contributed by atoms with Gasteiger partial charge in [-0.2, -0.15) is 0 Å². The van der Waals surface area contributed by atoms with Crippen molar-refractivity contribution in [3.63, 3.8) is 0 Å². The fraction of sp³-hybridized carbons (Fsp3) is 0.143. The van der Waals surface area contributed by atoms with E-state index in [-0.39, 0.29) is 24.1 Å². The third-order valence-electron chi connectivity index (χ3n) is 3.90. The summed E-state index contributed by atoms with van der Waals surface area (Å²) in [6, 6.07) is 16.7. The number of carbonyl (C=O) groups excluding carboxylic acids is 1. The first-order valence-electron chi connectivity index (χ1n) is 8.42. The lowest BCUT2D eigenvalue weighted by Crippen LogP contribution is -2.40. The summed E-state index contributed by atoms with van der Waals surface area (Å²) in [7, 11) is 0. The molecule has 6 heteroatoms. The summed E-state index contributed by atoms with van der Waals surface area (Å²) < 4.78 is 32.2. The van der Waals surface area contributed by atoms with Crippen molar-refractivity contribution in [1.29, 1.82) is 0 Å². The second-order valence-electron chi connectivity index (χ2n) is 5.96. The van der Waals surface area contributed by atoms with Crippen LogP contribution in [0.1, 0.15) is 12.5 Å². The van der Waals surface area contributed by atoms with Crippen LogP contribution in [0.25, 0.3) is 0 Å². The molecule has 0 aliphatic carbocycles. The van der Waals surface area contributed by atoms with Crippen molar-refractivity contribution in [2.45, 2.75) is 19.6 Å². The van der Waals surface area contributed by atoms with Crippen LogP contribution in [0.4, 0.5) is 14.6 Å². The molecule has 0 aliphatic heterocycles. The van der Waals surface area contributed by atoms with Gasteiger partial charge in [0.05, 0.1) is 6.54 Å². The highest BCUT2D eigenvalue weighted by molar-refractivity contribution is 5.95. The first kappa shape index (κ1) is 18.5. The van der Waals surface area contributed by atoms with Gasteiger partial charge < -0.3 is 4.74 Å². The van der Waals surface area contributed by atoms with E-state index in [4.69, 9.17) is 4.74 Å². The van der Waals surface area contributed by atoms with Gasteiger partial charge in [-0.1, -0.05) is 18.2 Å². The van der Waals surface area contributed by atoms with Crippen molar-refractivity contribution in [2.24, 2.45) is 0 Å². The molecule has 0 spiro atoms. The number of anilines is 1. The number of aromatic nitrogens is 1. The molecule has 27 heavy (non-hydrogen) atoms. The molecule has 1 atom stereocenters. The van der Waals surface area contributed by atoms with E-state index in [0.29, 0.717) is 17.1 Å². The van der Waals surface area contributed by atoms with Crippen LogP contribution in [0.5, 0.6) is 5.75 Å². The van der Waals surface area contributed by atoms with Crippen LogP contribution in [0.15, 0.2) is 72.9 Å². The zero-order chi connectivity index (χ0) is 19.2.